The maximum absolute atomic E-state index is 12.2. The number of esters is 1. The highest BCUT2D eigenvalue weighted by molar-refractivity contribution is 5.90. The molecule has 1 aliphatic carbocycles. The number of hydrogen-bond acceptors (Lipinski definition) is 3. The Morgan fingerprint density at radius 2 is 1.96 bits per heavy atom. The third-order valence-corrected chi connectivity index (χ3v) is 4.69. The Kier molecular flexibility index (Phi) is 6.59. The summed E-state index contributed by atoms with van der Waals surface area (Å²) >= 11 is 0. The van der Waals surface area contributed by atoms with Gasteiger partial charge in [-0.3, -0.25) is 4.79 Å². The Balaban J connectivity index is 1.84. The van der Waals surface area contributed by atoms with E-state index >= 15 is 0 Å². The van der Waals surface area contributed by atoms with Crippen LogP contribution in [0.5, 0.6) is 0 Å². The van der Waals surface area contributed by atoms with Crippen molar-refractivity contribution in [2.45, 2.75) is 58.6 Å². The Bertz CT molecular complexity index is 609. The van der Waals surface area contributed by atoms with E-state index in [-0.39, 0.29) is 11.9 Å². The van der Waals surface area contributed by atoms with Gasteiger partial charge in [-0.05, 0) is 49.8 Å². The van der Waals surface area contributed by atoms with Crippen molar-refractivity contribution in [1.29, 1.82) is 0 Å². The van der Waals surface area contributed by atoms with Gasteiger partial charge in [-0.15, -0.1) is 0 Å². The van der Waals surface area contributed by atoms with E-state index in [1.165, 1.54) is 12.5 Å². The predicted molar refractivity (Wildman–Crippen MR) is 95.3 cm³/mol. The molecule has 1 saturated carbocycles. The maximum Gasteiger partial charge on any atom is 0.331 e. The molecule has 1 fully saturated rings. The smallest absolute Gasteiger partial charge is 0.331 e. The minimum atomic E-state index is -0.784. The molecule has 0 spiro atoms. The lowest BCUT2D eigenvalue weighted by atomic mass is 9.86. The van der Waals surface area contributed by atoms with Gasteiger partial charge in [0, 0.05) is 12.1 Å². The fourth-order valence-electron chi connectivity index (χ4n) is 3.03. The first-order chi connectivity index (χ1) is 11.5. The van der Waals surface area contributed by atoms with Crippen LogP contribution >= 0.6 is 0 Å². The Labute approximate surface area is 144 Å². The predicted octanol–water partition coefficient (Wildman–Crippen LogP) is 3.63. The Morgan fingerprint density at radius 3 is 2.67 bits per heavy atom. The third-order valence-electron chi connectivity index (χ3n) is 4.69. The van der Waals surface area contributed by atoms with Gasteiger partial charge in [-0.25, -0.2) is 4.79 Å². The lowest BCUT2D eigenvalue weighted by molar-refractivity contribution is -0.150. The van der Waals surface area contributed by atoms with E-state index in [1.54, 1.807) is 13.0 Å². The number of carbonyl (C=O) groups is 2. The summed E-state index contributed by atoms with van der Waals surface area (Å²) in [5.41, 5.74) is 2.04. The largest absolute Gasteiger partial charge is 0.449 e. The molecular weight excluding hydrogens is 302 g/mol. The zero-order valence-electron chi connectivity index (χ0n) is 14.7. The second kappa shape index (κ2) is 8.67. The lowest BCUT2D eigenvalue weighted by Gasteiger charge is -2.30. The van der Waals surface area contributed by atoms with Gasteiger partial charge in [-0.2, -0.15) is 0 Å². The molecule has 130 valence electrons. The maximum atomic E-state index is 12.2. The number of benzene rings is 1. The minimum absolute atomic E-state index is 0.190. The van der Waals surface area contributed by atoms with E-state index in [9.17, 15) is 9.59 Å². The molecule has 1 aromatic carbocycles. The summed E-state index contributed by atoms with van der Waals surface area (Å²) in [6.45, 7) is 5.75. The van der Waals surface area contributed by atoms with Gasteiger partial charge in [0.1, 0.15) is 0 Å². The van der Waals surface area contributed by atoms with Crippen molar-refractivity contribution in [1.82, 2.24) is 5.32 Å². The van der Waals surface area contributed by atoms with Crippen LogP contribution < -0.4 is 5.32 Å². The monoisotopic (exact) mass is 329 g/mol. The van der Waals surface area contributed by atoms with Crippen molar-refractivity contribution in [3.8, 4) is 0 Å². The van der Waals surface area contributed by atoms with Crippen molar-refractivity contribution in [3.05, 3.63) is 41.5 Å². The summed E-state index contributed by atoms with van der Waals surface area (Å²) in [4.78, 5) is 24.1. The van der Waals surface area contributed by atoms with Gasteiger partial charge in [0.15, 0.2) is 6.10 Å². The first-order valence-electron chi connectivity index (χ1n) is 8.72. The van der Waals surface area contributed by atoms with Crippen LogP contribution in [0, 0.1) is 12.8 Å². The number of aryl methyl sites for hydroxylation is 1. The number of ether oxygens (including phenoxy) is 1. The number of hydrogen-bond donors (Lipinski definition) is 1. The first-order valence-corrected chi connectivity index (χ1v) is 8.72. The summed E-state index contributed by atoms with van der Waals surface area (Å²) in [7, 11) is 0. The molecule has 1 amide bonds. The molecule has 0 unspecified atom stereocenters. The van der Waals surface area contributed by atoms with E-state index in [4.69, 9.17) is 4.74 Å². The van der Waals surface area contributed by atoms with Gasteiger partial charge in [-0.1, -0.05) is 44.0 Å². The second-order valence-corrected chi connectivity index (χ2v) is 6.65. The first kappa shape index (κ1) is 18.2. The molecule has 0 heterocycles. The summed E-state index contributed by atoms with van der Waals surface area (Å²) in [5, 5.41) is 3.02. The van der Waals surface area contributed by atoms with Crippen LogP contribution in [0.4, 0.5) is 0 Å². The fraction of sp³-hybridized carbons (Fsp3) is 0.500. The van der Waals surface area contributed by atoms with Crippen LogP contribution in [0.2, 0.25) is 0 Å². The molecular formula is C20H27NO3. The van der Waals surface area contributed by atoms with Crippen molar-refractivity contribution in [2.75, 3.05) is 0 Å². The molecule has 1 N–H and O–H groups in total. The van der Waals surface area contributed by atoms with Gasteiger partial charge >= 0.3 is 5.97 Å². The molecule has 0 aliphatic heterocycles. The summed E-state index contributed by atoms with van der Waals surface area (Å²) in [6, 6.07) is 7.96. The summed E-state index contributed by atoms with van der Waals surface area (Å²) in [5.74, 6) is -0.240. The quantitative estimate of drug-likeness (QED) is 0.663. The number of carbonyl (C=O) groups excluding carboxylic acids is 2. The van der Waals surface area contributed by atoms with E-state index in [2.05, 4.69) is 12.2 Å². The van der Waals surface area contributed by atoms with Crippen LogP contribution in [0.3, 0.4) is 0 Å². The van der Waals surface area contributed by atoms with Gasteiger partial charge in [0.2, 0.25) is 0 Å². The Morgan fingerprint density at radius 1 is 1.25 bits per heavy atom. The molecule has 4 heteroatoms. The number of rotatable bonds is 5. The molecule has 1 aromatic rings. The SMILES string of the molecule is Cc1ccccc1/C=C/C(=O)O[C@@H](C)C(=O)N[C@@H]1CCCC[C@@H]1C. The molecule has 3 atom stereocenters. The topological polar surface area (TPSA) is 55.4 Å². The van der Waals surface area contributed by atoms with E-state index < -0.39 is 12.1 Å². The zero-order chi connectivity index (χ0) is 17.5. The molecule has 1 aliphatic rings. The summed E-state index contributed by atoms with van der Waals surface area (Å²) in [6.07, 6.45) is 6.80. The fourth-order valence-corrected chi connectivity index (χ4v) is 3.03. The number of nitrogens with one attached hydrogen (secondary N) is 1. The van der Waals surface area contributed by atoms with Crippen molar-refractivity contribution in [2.24, 2.45) is 5.92 Å². The highest BCUT2D eigenvalue weighted by Crippen LogP contribution is 2.23. The van der Waals surface area contributed by atoms with Gasteiger partial charge in [0.25, 0.3) is 5.91 Å². The van der Waals surface area contributed by atoms with E-state index in [0.717, 1.165) is 30.4 Å². The molecule has 0 saturated heterocycles. The minimum Gasteiger partial charge on any atom is -0.449 e. The van der Waals surface area contributed by atoms with Gasteiger partial charge < -0.3 is 10.1 Å². The lowest BCUT2D eigenvalue weighted by Crippen LogP contribution is -2.45. The summed E-state index contributed by atoms with van der Waals surface area (Å²) < 4.78 is 5.21. The highest BCUT2D eigenvalue weighted by atomic mass is 16.5. The third kappa shape index (κ3) is 5.22. The van der Waals surface area contributed by atoms with Crippen molar-refractivity contribution in [3.63, 3.8) is 0 Å². The molecule has 2 rings (SSSR count). The van der Waals surface area contributed by atoms with Crippen molar-refractivity contribution >= 4 is 18.0 Å². The second-order valence-electron chi connectivity index (χ2n) is 6.65. The molecule has 0 bridgehead atoms. The molecule has 0 aromatic heterocycles. The standard InChI is InChI=1S/C20H27NO3/c1-14-8-4-6-10-17(14)12-13-19(22)24-16(3)20(23)21-18-11-7-5-9-15(18)2/h4,6,8,10,12-13,15-16,18H,5,7,9,11H2,1-3H3,(H,21,23)/b13-12+/t15-,16-,18+/m0/s1. The van der Waals surface area contributed by atoms with E-state index in [1.807, 2.05) is 31.2 Å². The van der Waals surface area contributed by atoms with Crippen LogP contribution in [0.1, 0.15) is 50.7 Å². The van der Waals surface area contributed by atoms with E-state index in [0.29, 0.717) is 5.92 Å². The molecule has 4 nitrogen and oxygen atoms in total. The Hall–Kier alpha value is -2.10. The average molecular weight is 329 g/mol. The van der Waals surface area contributed by atoms with Crippen LogP contribution in [-0.4, -0.2) is 24.0 Å². The molecule has 24 heavy (non-hydrogen) atoms. The molecule has 0 radical (unpaired) electrons. The highest BCUT2D eigenvalue weighted by Gasteiger charge is 2.25. The zero-order valence-corrected chi connectivity index (χ0v) is 14.7. The van der Waals surface area contributed by atoms with Crippen LogP contribution in [0.25, 0.3) is 6.08 Å². The van der Waals surface area contributed by atoms with Crippen LogP contribution in [0.15, 0.2) is 30.3 Å². The van der Waals surface area contributed by atoms with Crippen LogP contribution in [-0.2, 0) is 14.3 Å². The number of amides is 1. The van der Waals surface area contributed by atoms with Gasteiger partial charge in [0.05, 0.1) is 0 Å². The normalized spacial score (nSPS) is 22.1. The average Bonchev–Trinajstić information content (AvgIpc) is 2.56. The van der Waals surface area contributed by atoms with Crippen molar-refractivity contribution < 1.29 is 14.3 Å².